The maximum atomic E-state index is 14.1. The van der Waals surface area contributed by atoms with E-state index in [9.17, 15) is 4.79 Å². The molecule has 1 heterocycles. The molecule has 0 saturated heterocycles. The van der Waals surface area contributed by atoms with Crippen molar-refractivity contribution in [1.29, 1.82) is 0 Å². The van der Waals surface area contributed by atoms with Gasteiger partial charge in [-0.25, -0.2) is 0 Å². The molecule has 6 rings (SSSR count). The van der Waals surface area contributed by atoms with Gasteiger partial charge in [0.05, 0.1) is 32.1 Å². The van der Waals surface area contributed by atoms with E-state index in [-0.39, 0.29) is 22.9 Å². The molecule has 2 N–H and O–H groups in total. The molecule has 0 bridgehead atoms. The molecule has 5 unspecified atom stereocenters. The highest BCUT2D eigenvalue weighted by Crippen LogP contribution is 2.72. The van der Waals surface area contributed by atoms with E-state index in [1.165, 1.54) is 44.9 Å². The molecule has 0 aromatic heterocycles. The first kappa shape index (κ1) is 28.3. The Kier molecular flexibility index (Phi) is 7.40. The molecule has 4 saturated carbocycles. The SMILES string of the molecule is COC[C@]12CCC(C)C[C@@H]1CC[C@@]1(C)C3CC[C@H](C(=O)CN4NNC5=C4C=CC(OC)C=C5OC)C3(C)CCC12. The number of nitrogens with one attached hydrogen (secondary N) is 2. The normalized spacial score (nSPS) is 44.1. The van der Waals surface area contributed by atoms with Gasteiger partial charge in [-0.3, -0.25) is 15.2 Å². The van der Waals surface area contributed by atoms with Gasteiger partial charge in [0.25, 0.3) is 0 Å². The molecule has 7 heteroatoms. The lowest BCUT2D eigenvalue weighted by Crippen LogP contribution is -2.61. The summed E-state index contributed by atoms with van der Waals surface area (Å²) in [5.74, 6) is 4.11. The minimum atomic E-state index is -0.172. The Morgan fingerprint density at radius 1 is 1.02 bits per heavy atom. The van der Waals surface area contributed by atoms with Gasteiger partial charge in [0.1, 0.15) is 11.5 Å². The molecule has 5 aliphatic carbocycles. The Labute approximate surface area is 241 Å². The Morgan fingerprint density at radius 3 is 2.58 bits per heavy atom. The van der Waals surface area contributed by atoms with Gasteiger partial charge in [-0.1, -0.05) is 27.2 Å². The highest BCUT2D eigenvalue weighted by molar-refractivity contribution is 5.84. The maximum absolute atomic E-state index is 14.1. The molecule has 7 nitrogen and oxygen atoms in total. The van der Waals surface area contributed by atoms with E-state index < -0.39 is 0 Å². The average Bonchev–Trinajstić information content (AvgIpc) is 3.44. The summed E-state index contributed by atoms with van der Waals surface area (Å²) >= 11 is 0. The summed E-state index contributed by atoms with van der Waals surface area (Å²) in [6.07, 6.45) is 17.1. The van der Waals surface area contributed by atoms with Gasteiger partial charge < -0.3 is 14.2 Å². The van der Waals surface area contributed by atoms with Gasteiger partial charge in [0.15, 0.2) is 5.78 Å². The van der Waals surface area contributed by atoms with Crippen molar-refractivity contribution in [2.75, 3.05) is 34.5 Å². The van der Waals surface area contributed by atoms with Crippen LogP contribution in [0.5, 0.6) is 0 Å². The molecule has 222 valence electrons. The summed E-state index contributed by atoms with van der Waals surface area (Å²) in [5.41, 5.74) is 8.91. The molecule has 6 aliphatic rings. The Balaban J connectivity index is 1.22. The first-order valence-electron chi connectivity index (χ1n) is 15.7. The van der Waals surface area contributed by atoms with E-state index in [0.29, 0.717) is 35.3 Å². The lowest BCUT2D eigenvalue weighted by atomic mass is 9.39. The summed E-state index contributed by atoms with van der Waals surface area (Å²) < 4.78 is 17.2. The number of rotatable bonds is 7. The third kappa shape index (κ3) is 4.20. The second kappa shape index (κ2) is 10.5. The minimum absolute atomic E-state index is 0.0633. The van der Waals surface area contributed by atoms with Crippen LogP contribution in [-0.4, -0.2) is 51.4 Å². The Hall–Kier alpha value is -1.83. The van der Waals surface area contributed by atoms with Crippen molar-refractivity contribution in [1.82, 2.24) is 16.0 Å². The first-order valence-corrected chi connectivity index (χ1v) is 15.7. The Morgan fingerprint density at radius 2 is 1.82 bits per heavy atom. The van der Waals surface area contributed by atoms with E-state index in [1.807, 2.05) is 30.3 Å². The zero-order valence-electron chi connectivity index (χ0n) is 25.6. The third-order valence-electron chi connectivity index (χ3n) is 12.7. The number of carbonyl (C=O) groups is 1. The summed E-state index contributed by atoms with van der Waals surface area (Å²) in [7, 11) is 5.27. The summed E-state index contributed by atoms with van der Waals surface area (Å²) in [6, 6.07) is 0. The van der Waals surface area contributed by atoms with E-state index in [2.05, 4.69) is 31.7 Å². The lowest BCUT2D eigenvalue weighted by molar-refractivity contribution is -0.193. The number of nitrogens with zero attached hydrogens (tertiary/aromatic N) is 1. The zero-order valence-corrected chi connectivity index (χ0v) is 25.6. The number of allylic oxidation sites excluding steroid dienone is 1. The molecule has 4 fully saturated rings. The van der Waals surface area contributed by atoms with E-state index in [1.54, 1.807) is 14.2 Å². The second-order valence-corrected chi connectivity index (χ2v) is 14.4. The predicted molar refractivity (Wildman–Crippen MR) is 155 cm³/mol. The highest BCUT2D eigenvalue weighted by Gasteiger charge is 2.66. The van der Waals surface area contributed by atoms with Crippen molar-refractivity contribution in [2.45, 2.75) is 84.7 Å². The number of fused-ring (bicyclic) bond motifs is 5. The van der Waals surface area contributed by atoms with Crippen LogP contribution in [0.15, 0.2) is 35.4 Å². The average molecular weight is 554 g/mol. The van der Waals surface area contributed by atoms with Crippen LogP contribution < -0.4 is 11.0 Å². The van der Waals surface area contributed by atoms with Gasteiger partial charge in [-0.05, 0) is 110 Å². The quantitative estimate of drug-likeness (QED) is 0.430. The summed E-state index contributed by atoms with van der Waals surface area (Å²) in [4.78, 5) is 14.1. The number of hydrazine groups is 2. The standard InChI is InChI=1S/C33H51N3O4/c1-21-11-16-33(20-38-4)22(17-21)12-14-32(3)28-10-8-24(31(28,2)15-13-29(32)33)26(37)19-36-25-9-7-23(39-5)18-27(40-6)30(25)34-35-36/h7,9,18,21-24,28-29,34-35H,8,10-17,19-20H2,1-6H3/t21?,22-,23?,24+,28?,29?,31?,32-,33+/m0/s1. The Bertz CT molecular complexity index is 1100. The third-order valence-corrected chi connectivity index (χ3v) is 12.7. The number of hydrogen-bond donors (Lipinski definition) is 2. The van der Waals surface area contributed by atoms with Gasteiger partial charge in [0.2, 0.25) is 0 Å². The highest BCUT2D eigenvalue weighted by atomic mass is 16.5. The van der Waals surface area contributed by atoms with Crippen molar-refractivity contribution < 1.29 is 19.0 Å². The molecular weight excluding hydrogens is 502 g/mol. The van der Waals surface area contributed by atoms with Crippen LogP contribution >= 0.6 is 0 Å². The predicted octanol–water partition coefficient (Wildman–Crippen LogP) is 5.52. The topological polar surface area (TPSA) is 72.1 Å². The first-order chi connectivity index (χ1) is 19.2. The fraction of sp³-hybridized carbons (Fsp3) is 0.788. The lowest BCUT2D eigenvalue weighted by Gasteiger charge is -2.66. The van der Waals surface area contributed by atoms with Crippen molar-refractivity contribution >= 4 is 5.78 Å². The number of hydrogen-bond acceptors (Lipinski definition) is 7. The molecule has 0 spiro atoms. The van der Waals surface area contributed by atoms with E-state index >= 15 is 0 Å². The van der Waals surface area contributed by atoms with Crippen molar-refractivity contribution in [2.24, 2.45) is 45.8 Å². The van der Waals surface area contributed by atoms with Crippen molar-refractivity contribution in [3.63, 3.8) is 0 Å². The summed E-state index contributed by atoms with van der Waals surface area (Å²) in [6.45, 7) is 8.78. The molecule has 0 aromatic carbocycles. The van der Waals surface area contributed by atoms with Gasteiger partial charge in [-0.2, -0.15) is 0 Å². The number of ether oxygens (including phenoxy) is 3. The zero-order chi connectivity index (χ0) is 28.3. The van der Waals surface area contributed by atoms with Gasteiger partial charge >= 0.3 is 0 Å². The van der Waals surface area contributed by atoms with Crippen LogP contribution in [0.3, 0.4) is 0 Å². The largest absolute Gasteiger partial charge is 0.495 e. The van der Waals surface area contributed by atoms with E-state index in [4.69, 9.17) is 14.2 Å². The molecule has 9 atom stereocenters. The maximum Gasteiger partial charge on any atom is 0.157 e. The van der Waals surface area contributed by atoms with Crippen LogP contribution in [0.2, 0.25) is 0 Å². The van der Waals surface area contributed by atoms with Crippen LogP contribution in [0.25, 0.3) is 0 Å². The minimum Gasteiger partial charge on any atom is -0.495 e. The van der Waals surface area contributed by atoms with Crippen LogP contribution in [0.1, 0.15) is 78.6 Å². The second-order valence-electron chi connectivity index (χ2n) is 14.4. The fourth-order valence-corrected chi connectivity index (χ4v) is 10.9. The molecule has 1 aliphatic heterocycles. The van der Waals surface area contributed by atoms with Crippen LogP contribution in [0, 0.1) is 45.8 Å². The molecule has 0 aromatic rings. The van der Waals surface area contributed by atoms with Crippen molar-refractivity contribution in [3.05, 3.63) is 35.4 Å². The van der Waals surface area contributed by atoms with Gasteiger partial charge in [-0.15, -0.1) is 5.53 Å². The molecule has 40 heavy (non-hydrogen) atoms. The van der Waals surface area contributed by atoms with Gasteiger partial charge in [0, 0.05) is 20.1 Å². The monoisotopic (exact) mass is 553 g/mol. The fourth-order valence-electron chi connectivity index (χ4n) is 10.9. The number of methoxy groups -OCH3 is 3. The molecular formula is C33H51N3O4. The molecule has 0 amide bonds. The smallest absolute Gasteiger partial charge is 0.157 e. The summed E-state index contributed by atoms with van der Waals surface area (Å²) in [5, 5.41) is 1.95. The van der Waals surface area contributed by atoms with Crippen LogP contribution in [-0.2, 0) is 19.0 Å². The van der Waals surface area contributed by atoms with Crippen molar-refractivity contribution in [3.8, 4) is 0 Å². The number of Topliss-reactive ketones (excluding diaryl/α,β-unsaturated/α-hetero) is 1. The molecule has 0 radical (unpaired) electrons. The number of ketones is 1. The van der Waals surface area contributed by atoms with Crippen LogP contribution in [0.4, 0.5) is 0 Å². The number of carbonyl (C=O) groups excluding carboxylic acids is 1. The van der Waals surface area contributed by atoms with E-state index in [0.717, 1.165) is 42.7 Å².